The number of nitrogens with two attached hydrogens (primary N) is 1. The number of benzene rings is 1. The van der Waals surface area contributed by atoms with Crippen molar-refractivity contribution in [3.63, 3.8) is 0 Å². The number of primary amides is 1. The summed E-state index contributed by atoms with van der Waals surface area (Å²) in [5.74, 6) is -0.290. The van der Waals surface area contributed by atoms with Crippen LogP contribution in [-0.4, -0.2) is 11.4 Å². The summed E-state index contributed by atoms with van der Waals surface area (Å²) in [7, 11) is 0. The maximum absolute atomic E-state index is 11.7. The van der Waals surface area contributed by atoms with Crippen LogP contribution in [0.2, 0.25) is 0 Å². The maximum atomic E-state index is 11.7. The van der Waals surface area contributed by atoms with Crippen molar-refractivity contribution in [1.29, 1.82) is 0 Å². The van der Waals surface area contributed by atoms with Gasteiger partial charge in [0.25, 0.3) is 0 Å². The fraction of sp³-hybridized carbons (Fsp3) is 0.533. The third-order valence-electron chi connectivity index (χ3n) is 3.38. The fourth-order valence-corrected chi connectivity index (χ4v) is 1.99. The molecule has 0 fully saturated rings. The van der Waals surface area contributed by atoms with Gasteiger partial charge in [-0.1, -0.05) is 44.4 Å². The van der Waals surface area contributed by atoms with Crippen molar-refractivity contribution in [3.8, 4) is 0 Å². The molecular formula is C15H24N2O. The number of para-hydroxylation sites is 1. The van der Waals surface area contributed by atoms with Crippen molar-refractivity contribution in [1.82, 2.24) is 0 Å². The number of nitrogens with one attached hydrogen (secondary N) is 1. The molecule has 1 atom stereocenters. The largest absolute Gasteiger partial charge is 0.371 e. The van der Waals surface area contributed by atoms with Crippen LogP contribution in [0.25, 0.3) is 0 Å². The van der Waals surface area contributed by atoms with Crippen molar-refractivity contribution < 1.29 is 4.79 Å². The van der Waals surface area contributed by atoms with Crippen molar-refractivity contribution in [2.45, 2.75) is 52.0 Å². The van der Waals surface area contributed by atoms with Crippen LogP contribution in [0.1, 0.15) is 45.1 Å². The van der Waals surface area contributed by atoms with Gasteiger partial charge in [-0.2, -0.15) is 0 Å². The molecule has 3 heteroatoms. The van der Waals surface area contributed by atoms with Gasteiger partial charge in [0.1, 0.15) is 5.54 Å². The molecule has 0 aliphatic carbocycles. The van der Waals surface area contributed by atoms with E-state index in [4.69, 9.17) is 5.73 Å². The Morgan fingerprint density at radius 3 is 2.56 bits per heavy atom. The molecule has 1 amide bonds. The van der Waals surface area contributed by atoms with Gasteiger partial charge >= 0.3 is 0 Å². The first kappa shape index (κ1) is 14.6. The molecule has 1 aromatic carbocycles. The summed E-state index contributed by atoms with van der Waals surface area (Å²) in [6.45, 7) is 6.06. The molecule has 18 heavy (non-hydrogen) atoms. The Labute approximate surface area is 110 Å². The van der Waals surface area contributed by atoms with Crippen LogP contribution in [0.3, 0.4) is 0 Å². The van der Waals surface area contributed by atoms with E-state index in [1.165, 1.54) is 0 Å². The van der Waals surface area contributed by atoms with Crippen LogP contribution in [0.15, 0.2) is 24.3 Å². The zero-order chi connectivity index (χ0) is 13.6. The SMILES string of the molecule is CCCCCC(C)(Nc1ccccc1C)C(N)=O. The molecule has 0 heterocycles. The number of hydrogen-bond acceptors (Lipinski definition) is 2. The lowest BCUT2D eigenvalue weighted by Crippen LogP contribution is -2.48. The first-order chi connectivity index (χ1) is 8.49. The van der Waals surface area contributed by atoms with Crippen LogP contribution in [0.4, 0.5) is 5.69 Å². The van der Waals surface area contributed by atoms with Gasteiger partial charge in [0.15, 0.2) is 0 Å². The number of hydrogen-bond donors (Lipinski definition) is 2. The highest BCUT2D eigenvalue weighted by Gasteiger charge is 2.30. The van der Waals surface area contributed by atoms with Gasteiger partial charge in [-0.3, -0.25) is 4.79 Å². The molecule has 1 rings (SSSR count). The highest BCUT2D eigenvalue weighted by atomic mass is 16.1. The predicted molar refractivity (Wildman–Crippen MR) is 76.5 cm³/mol. The molecule has 0 bridgehead atoms. The Kier molecular flexibility index (Phi) is 5.20. The van der Waals surface area contributed by atoms with E-state index in [2.05, 4.69) is 12.2 Å². The summed E-state index contributed by atoms with van der Waals surface area (Å²) in [5, 5.41) is 3.31. The normalized spacial score (nSPS) is 13.9. The van der Waals surface area contributed by atoms with Crippen molar-refractivity contribution >= 4 is 11.6 Å². The molecule has 3 N–H and O–H groups in total. The Balaban J connectivity index is 2.79. The van der Waals surface area contributed by atoms with E-state index in [0.717, 1.165) is 36.9 Å². The van der Waals surface area contributed by atoms with E-state index in [1.54, 1.807) is 0 Å². The van der Waals surface area contributed by atoms with Crippen LogP contribution in [0, 0.1) is 6.92 Å². The average molecular weight is 248 g/mol. The molecule has 1 aromatic rings. The topological polar surface area (TPSA) is 55.1 Å². The number of amides is 1. The Bertz CT molecular complexity index is 403. The van der Waals surface area contributed by atoms with Crippen molar-refractivity contribution in [2.75, 3.05) is 5.32 Å². The highest BCUT2D eigenvalue weighted by molar-refractivity contribution is 5.87. The molecule has 0 spiro atoms. The lowest BCUT2D eigenvalue weighted by atomic mass is 9.92. The molecule has 3 nitrogen and oxygen atoms in total. The lowest BCUT2D eigenvalue weighted by molar-refractivity contribution is -0.122. The standard InChI is InChI=1S/C15H24N2O/c1-4-5-8-11-15(3,14(16)18)17-13-10-7-6-9-12(13)2/h6-7,9-10,17H,4-5,8,11H2,1-3H3,(H2,16,18). The number of aryl methyl sites for hydroxylation is 1. The number of carbonyl (C=O) groups excluding carboxylic acids is 1. The van der Waals surface area contributed by atoms with Gasteiger partial charge in [0, 0.05) is 5.69 Å². The van der Waals surface area contributed by atoms with Gasteiger partial charge in [-0.05, 0) is 31.9 Å². The number of carbonyl (C=O) groups is 1. The molecule has 0 aliphatic heterocycles. The van der Waals surface area contributed by atoms with Crippen molar-refractivity contribution in [2.24, 2.45) is 5.73 Å². The summed E-state index contributed by atoms with van der Waals surface area (Å²) in [6, 6.07) is 7.95. The first-order valence-electron chi connectivity index (χ1n) is 6.63. The fourth-order valence-electron chi connectivity index (χ4n) is 1.99. The number of rotatable bonds is 7. The van der Waals surface area contributed by atoms with Crippen LogP contribution in [-0.2, 0) is 4.79 Å². The summed E-state index contributed by atoms with van der Waals surface area (Å²) >= 11 is 0. The van der Waals surface area contributed by atoms with Crippen LogP contribution in [0.5, 0.6) is 0 Å². The third-order valence-corrected chi connectivity index (χ3v) is 3.38. The summed E-state index contributed by atoms with van der Waals surface area (Å²) < 4.78 is 0. The van der Waals surface area contributed by atoms with E-state index in [1.807, 2.05) is 38.1 Å². The second-order valence-corrected chi connectivity index (χ2v) is 5.09. The molecule has 0 aromatic heterocycles. The van der Waals surface area contributed by atoms with Crippen molar-refractivity contribution in [3.05, 3.63) is 29.8 Å². The average Bonchev–Trinajstić information content (AvgIpc) is 2.32. The predicted octanol–water partition coefficient (Wildman–Crippen LogP) is 3.23. The zero-order valence-electron chi connectivity index (χ0n) is 11.6. The smallest absolute Gasteiger partial charge is 0.242 e. The van der Waals surface area contributed by atoms with Crippen LogP contribution >= 0.6 is 0 Å². The Morgan fingerprint density at radius 2 is 2.00 bits per heavy atom. The summed E-state index contributed by atoms with van der Waals surface area (Å²) in [6.07, 6.45) is 4.04. The van der Waals surface area contributed by atoms with Crippen LogP contribution < -0.4 is 11.1 Å². The monoisotopic (exact) mass is 248 g/mol. The van der Waals surface area contributed by atoms with E-state index < -0.39 is 5.54 Å². The van der Waals surface area contributed by atoms with E-state index in [0.29, 0.717) is 0 Å². The lowest BCUT2D eigenvalue weighted by Gasteiger charge is -2.29. The summed E-state index contributed by atoms with van der Waals surface area (Å²) in [5.41, 5.74) is 6.99. The third kappa shape index (κ3) is 3.76. The maximum Gasteiger partial charge on any atom is 0.242 e. The molecule has 0 radical (unpaired) electrons. The number of unbranched alkanes of at least 4 members (excludes halogenated alkanes) is 2. The minimum atomic E-state index is -0.665. The minimum Gasteiger partial charge on any atom is -0.371 e. The Hall–Kier alpha value is -1.51. The molecule has 0 saturated carbocycles. The highest BCUT2D eigenvalue weighted by Crippen LogP contribution is 2.23. The van der Waals surface area contributed by atoms with Gasteiger partial charge in [0.2, 0.25) is 5.91 Å². The molecule has 100 valence electrons. The second-order valence-electron chi connectivity index (χ2n) is 5.09. The summed E-state index contributed by atoms with van der Waals surface area (Å²) in [4.78, 5) is 11.7. The minimum absolute atomic E-state index is 0.290. The molecule has 1 unspecified atom stereocenters. The molecule has 0 saturated heterocycles. The zero-order valence-corrected chi connectivity index (χ0v) is 11.6. The first-order valence-corrected chi connectivity index (χ1v) is 6.63. The number of anilines is 1. The van der Waals surface area contributed by atoms with E-state index in [-0.39, 0.29) is 5.91 Å². The molecule has 0 aliphatic rings. The van der Waals surface area contributed by atoms with Gasteiger partial charge < -0.3 is 11.1 Å². The van der Waals surface area contributed by atoms with E-state index in [9.17, 15) is 4.79 Å². The van der Waals surface area contributed by atoms with E-state index >= 15 is 0 Å². The quantitative estimate of drug-likeness (QED) is 0.728. The Morgan fingerprint density at radius 1 is 1.33 bits per heavy atom. The van der Waals surface area contributed by atoms with Gasteiger partial charge in [0.05, 0.1) is 0 Å². The van der Waals surface area contributed by atoms with Gasteiger partial charge in [-0.15, -0.1) is 0 Å². The molecular weight excluding hydrogens is 224 g/mol. The van der Waals surface area contributed by atoms with Gasteiger partial charge in [-0.25, -0.2) is 0 Å². The second kappa shape index (κ2) is 6.43.